The quantitative estimate of drug-likeness (QED) is 0.621. The molecule has 32 heavy (non-hydrogen) atoms. The van der Waals surface area contributed by atoms with Gasteiger partial charge in [-0.05, 0) is 61.2 Å². The van der Waals surface area contributed by atoms with Crippen LogP contribution < -0.4 is 14.8 Å². The summed E-state index contributed by atoms with van der Waals surface area (Å²) in [6.45, 7) is 2.88. The molecule has 5 rings (SSSR count). The predicted octanol–water partition coefficient (Wildman–Crippen LogP) is 3.19. The number of aromatic nitrogens is 1. The smallest absolute Gasteiger partial charge is 0.242 e. The van der Waals surface area contributed by atoms with E-state index in [-0.39, 0.29) is 24.4 Å². The second kappa shape index (κ2) is 8.18. The number of hydrogen-bond acceptors (Lipinski definition) is 4. The van der Waals surface area contributed by atoms with Gasteiger partial charge in [0.05, 0.1) is 0 Å². The second-order valence-corrected chi connectivity index (χ2v) is 8.22. The number of carbonyl (C=O) groups excluding carboxylic acids is 2. The number of fused-ring (bicyclic) bond motifs is 2. The predicted molar refractivity (Wildman–Crippen MR) is 116 cm³/mol. The third-order valence-corrected chi connectivity index (χ3v) is 6.18. The number of nitrogens with one attached hydrogen (secondary N) is 2. The highest BCUT2D eigenvalue weighted by molar-refractivity contribution is 5.91. The molecule has 0 radical (unpaired) electrons. The van der Waals surface area contributed by atoms with E-state index in [9.17, 15) is 14.0 Å². The van der Waals surface area contributed by atoms with E-state index >= 15 is 0 Å². The van der Waals surface area contributed by atoms with Crippen LogP contribution >= 0.6 is 0 Å². The molecule has 3 heterocycles. The minimum atomic E-state index is -0.505. The van der Waals surface area contributed by atoms with Gasteiger partial charge >= 0.3 is 0 Å². The summed E-state index contributed by atoms with van der Waals surface area (Å²) in [4.78, 5) is 30.2. The maximum absolute atomic E-state index is 13.7. The number of H-pyrrole nitrogens is 1. The van der Waals surface area contributed by atoms with Crippen LogP contribution in [0.15, 0.2) is 36.4 Å². The van der Waals surface area contributed by atoms with Crippen molar-refractivity contribution in [3.63, 3.8) is 0 Å². The van der Waals surface area contributed by atoms with Gasteiger partial charge in [-0.3, -0.25) is 9.59 Å². The zero-order valence-corrected chi connectivity index (χ0v) is 17.7. The number of ether oxygens (including phenoxy) is 2. The second-order valence-electron chi connectivity index (χ2n) is 8.22. The molecule has 2 aliphatic rings. The molecule has 3 aromatic rings. The van der Waals surface area contributed by atoms with Crippen LogP contribution in [0.5, 0.6) is 11.5 Å². The molecular formula is C24H24FN3O4. The first-order valence-electron chi connectivity index (χ1n) is 10.7. The van der Waals surface area contributed by atoms with Gasteiger partial charge in [-0.2, -0.15) is 0 Å². The lowest BCUT2D eigenvalue weighted by Gasteiger charge is -2.24. The van der Waals surface area contributed by atoms with Crippen molar-refractivity contribution < 1.29 is 23.5 Å². The van der Waals surface area contributed by atoms with E-state index in [1.165, 1.54) is 12.1 Å². The van der Waals surface area contributed by atoms with Gasteiger partial charge < -0.3 is 24.7 Å². The molecule has 2 N–H and O–H groups in total. The molecule has 0 bridgehead atoms. The third-order valence-electron chi connectivity index (χ3n) is 6.18. The summed E-state index contributed by atoms with van der Waals surface area (Å²) in [7, 11) is 0. The minimum absolute atomic E-state index is 0.0363. The fourth-order valence-electron chi connectivity index (χ4n) is 4.55. The molecule has 1 aromatic heterocycles. The molecule has 8 heteroatoms. The lowest BCUT2D eigenvalue weighted by molar-refractivity contribution is -0.135. The summed E-state index contributed by atoms with van der Waals surface area (Å²) in [5.74, 6) is 0.848. The number of carbonyl (C=O) groups is 2. The summed E-state index contributed by atoms with van der Waals surface area (Å²) in [5, 5.41) is 3.79. The van der Waals surface area contributed by atoms with Crippen LogP contribution in [0.4, 0.5) is 4.39 Å². The molecule has 7 nitrogen and oxygen atoms in total. The van der Waals surface area contributed by atoms with Gasteiger partial charge in [0, 0.05) is 36.1 Å². The number of aromatic amines is 1. The maximum atomic E-state index is 13.7. The van der Waals surface area contributed by atoms with Crippen LogP contribution in [0.1, 0.15) is 29.7 Å². The highest BCUT2D eigenvalue weighted by atomic mass is 19.1. The molecule has 1 unspecified atom stereocenters. The molecule has 2 aliphatic heterocycles. The van der Waals surface area contributed by atoms with E-state index in [0.29, 0.717) is 43.9 Å². The summed E-state index contributed by atoms with van der Waals surface area (Å²) in [6, 6.07) is 9.70. The molecular weight excluding hydrogens is 413 g/mol. The van der Waals surface area contributed by atoms with Crippen molar-refractivity contribution >= 4 is 22.7 Å². The Balaban J connectivity index is 1.23. The largest absolute Gasteiger partial charge is 0.454 e. The maximum Gasteiger partial charge on any atom is 0.242 e. The number of rotatable bonds is 6. The average molecular weight is 437 g/mol. The monoisotopic (exact) mass is 437 g/mol. The number of benzene rings is 2. The van der Waals surface area contributed by atoms with Crippen molar-refractivity contribution in [3.8, 4) is 11.5 Å². The first-order chi connectivity index (χ1) is 15.5. The van der Waals surface area contributed by atoms with E-state index in [1.807, 2.05) is 25.1 Å². The van der Waals surface area contributed by atoms with Crippen LogP contribution in [0.3, 0.4) is 0 Å². The molecule has 0 aliphatic carbocycles. The minimum Gasteiger partial charge on any atom is -0.454 e. The van der Waals surface area contributed by atoms with Gasteiger partial charge in [0.2, 0.25) is 18.6 Å². The fraction of sp³-hybridized carbons (Fsp3) is 0.333. The number of aryl methyl sites for hydroxylation is 1. The lowest BCUT2D eigenvalue weighted by Crippen LogP contribution is -2.44. The molecule has 1 saturated heterocycles. The van der Waals surface area contributed by atoms with E-state index < -0.39 is 6.04 Å². The molecule has 2 amide bonds. The number of amides is 2. The van der Waals surface area contributed by atoms with Gasteiger partial charge in [0.25, 0.3) is 0 Å². The number of nitrogens with zero attached hydrogens (tertiary/aromatic N) is 1. The van der Waals surface area contributed by atoms with Gasteiger partial charge in [0.1, 0.15) is 11.9 Å². The molecule has 0 spiro atoms. The third kappa shape index (κ3) is 3.77. The van der Waals surface area contributed by atoms with Crippen molar-refractivity contribution in [2.45, 2.75) is 38.8 Å². The van der Waals surface area contributed by atoms with Crippen LogP contribution in [-0.4, -0.2) is 41.1 Å². The summed E-state index contributed by atoms with van der Waals surface area (Å²) in [6.07, 6.45) is 1.42. The molecule has 1 atom stereocenters. The summed E-state index contributed by atoms with van der Waals surface area (Å²) < 4.78 is 24.4. The first-order valence-corrected chi connectivity index (χ1v) is 10.7. The molecule has 1 fully saturated rings. The highest BCUT2D eigenvalue weighted by Crippen LogP contribution is 2.33. The Morgan fingerprint density at radius 1 is 1.22 bits per heavy atom. The Labute approximate surface area is 184 Å². The van der Waals surface area contributed by atoms with Gasteiger partial charge in [-0.25, -0.2) is 4.39 Å². The fourth-order valence-corrected chi connectivity index (χ4v) is 4.55. The highest BCUT2D eigenvalue weighted by Gasteiger charge is 2.36. The van der Waals surface area contributed by atoms with Crippen molar-refractivity contribution in [2.24, 2.45) is 0 Å². The van der Waals surface area contributed by atoms with Crippen molar-refractivity contribution in [2.75, 3.05) is 13.3 Å². The van der Waals surface area contributed by atoms with Crippen LogP contribution in [0.2, 0.25) is 0 Å². The number of hydrogen-bond donors (Lipinski definition) is 2. The normalized spacial score (nSPS) is 17.4. The molecule has 0 saturated carbocycles. The van der Waals surface area contributed by atoms with Gasteiger partial charge in [0.15, 0.2) is 11.5 Å². The van der Waals surface area contributed by atoms with E-state index in [2.05, 4.69) is 10.3 Å². The Kier molecular flexibility index (Phi) is 5.20. The standard InChI is InChI=1S/C24H24FN3O4/c1-14-17(18-11-16(25)3-4-19(18)27-14)8-9-26-24(30)20-5-7-23(29)28(20)12-15-2-6-21-22(10-15)32-13-31-21/h2-4,6,10-11,20,27H,5,7-9,12-13H2,1H3,(H,26,30). The van der Waals surface area contributed by atoms with Gasteiger partial charge in [-0.15, -0.1) is 0 Å². The first kappa shape index (κ1) is 20.4. The van der Waals surface area contributed by atoms with Crippen molar-refractivity contribution in [3.05, 3.63) is 59.0 Å². The summed E-state index contributed by atoms with van der Waals surface area (Å²) in [5.41, 5.74) is 3.71. The number of likely N-dealkylation sites (tertiary alicyclic amines) is 1. The average Bonchev–Trinajstić information content (AvgIpc) is 3.46. The Morgan fingerprint density at radius 2 is 2.06 bits per heavy atom. The zero-order valence-electron chi connectivity index (χ0n) is 17.7. The Morgan fingerprint density at radius 3 is 2.94 bits per heavy atom. The Bertz CT molecular complexity index is 1210. The molecule has 166 valence electrons. The Hall–Kier alpha value is -3.55. The van der Waals surface area contributed by atoms with E-state index in [0.717, 1.165) is 27.7 Å². The van der Waals surface area contributed by atoms with Gasteiger partial charge in [-0.1, -0.05) is 6.07 Å². The molecule has 2 aromatic carbocycles. The number of halogens is 1. The van der Waals surface area contributed by atoms with Crippen molar-refractivity contribution in [1.29, 1.82) is 0 Å². The van der Waals surface area contributed by atoms with Crippen molar-refractivity contribution in [1.82, 2.24) is 15.2 Å². The van der Waals surface area contributed by atoms with E-state index in [4.69, 9.17) is 9.47 Å². The zero-order chi connectivity index (χ0) is 22.2. The SMILES string of the molecule is Cc1[nH]c2ccc(F)cc2c1CCNC(=O)C1CCC(=O)N1Cc1ccc2c(c1)OCO2. The van der Waals surface area contributed by atoms with E-state index in [1.54, 1.807) is 11.0 Å². The lowest BCUT2D eigenvalue weighted by atomic mass is 10.1. The van der Waals surface area contributed by atoms with Crippen LogP contribution in [-0.2, 0) is 22.6 Å². The van der Waals surface area contributed by atoms with Crippen LogP contribution in [0.25, 0.3) is 10.9 Å². The topological polar surface area (TPSA) is 83.7 Å². The van der Waals surface area contributed by atoms with Crippen LogP contribution in [0, 0.1) is 12.7 Å². The summed E-state index contributed by atoms with van der Waals surface area (Å²) >= 11 is 0.